The van der Waals surface area contributed by atoms with Crippen LogP contribution >= 0.6 is 11.6 Å². The lowest BCUT2D eigenvalue weighted by Gasteiger charge is -2.40. The molecule has 0 saturated carbocycles. The zero-order valence-corrected chi connectivity index (χ0v) is 21.2. The third-order valence-corrected chi connectivity index (χ3v) is 7.37. The van der Waals surface area contributed by atoms with E-state index in [0.717, 1.165) is 29.0 Å². The van der Waals surface area contributed by atoms with Crippen LogP contribution in [0.5, 0.6) is 11.5 Å². The van der Waals surface area contributed by atoms with Gasteiger partial charge in [0.15, 0.2) is 0 Å². The van der Waals surface area contributed by atoms with E-state index in [1.807, 2.05) is 42.5 Å². The summed E-state index contributed by atoms with van der Waals surface area (Å²) in [5, 5.41) is 40.7. The number of hydrogen-bond donors (Lipinski definition) is 4. The number of aliphatic hydroxyl groups excluding tert-OH is 4. The molecule has 0 amide bonds. The molecule has 7 nitrogen and oxygen atoms in total. The zero-order chi connectivity index (χ0) is 26.1. The molecule has 0 spiro atoms. The SMILES string of the molecule is Cc1ccc2c(c1)CC(COc1ccc(Cc3cc([C@@H]4O[C@H](CO)[C@@H](O)[C@H](O)[C@H]4O)ccc3Cl)cc1)O2. The molecule has 2 heterocycles. The monoisotopic (exact) mass is 526 g/mol. The van der Waals surface area contributed by atoms with E-state index in [1.54, 1.807) is 12.1 Å². The molecular weight excluding hydrogens is 496 g/mol. The average molecular weight is 527 g/mol. The van der Waals surface area contributed by atoms with Crippen LogP contribution < -0.4 is 9.47 Å². The maximum atomic E-state index is 10.5. The van der Waals surface area contributed by atoms with Crippen molar-refractivity contribution in [2.75, 3.05) is 13.2 Å². The summed E-state index contributed by atoms with van der Waals surface area (Å²) >= 11 is 6.46. The number of ether oxygens (including phenoxy) is 3. The van der Waals surface area contributed by atoms with Crippen molar-refractivity contribution in [1.29, 1.82) is 0 Å². The van der Waals surface area contributed by atoms with E-state index >= 15 is 0 Å². The highest BCUT2D eigenvalue weighted by molar-refractivity contribution is 6.31. The summed E-state index contributed by atoms with van der Waals surface area (Å²) in [6, 6.07) is 19.2. The highest BCUT2D eigenvalue weighted by Gasteiger charge is 2.44. The van der Waals surface area contributed by atoms with Crippen LogP contribution in [0, 0.1) is 6.92 Å². The first-order valence-electron chi connectivity index (χ1n) is 12.4. The van der Waals surface area contributed by atoms with Gasteiger partial charge < -0.3 is 34.6 Å². The standard InChI is InChI=1S/C29H31ClO7/c1-16-2-9-24-20(10-16)13-22(36-24)15-35-21-6-3-17(4-7-21)11-19-12-18(5-8-23(19)30)29-28(34)27(33)26(32)25(14-31)37-29/h2-10,12,22,25-29,31-34H,11,13-15H2,1H3/t22?,25-,26-,27+,28-,29+/m1/s1. The normalized spacial score (nSPS) is 27.0. The molecule has 2 aliphatic rings. The van der Waals surface area contributed by atoms with E-state index in [9.17, 15) is 20.4 Å². The minimum atomic E-state index is -1.43. The maximum absolute atomic E-state index is 10.5. The smallest absolute Gasteiger partial charge is 0.137 e. The maximum Gasteiger partial charge on any atom is 0.137 e. The quantitative estimate of drug-likeness (QED) is 0.374. The molecule has 196 valence electrons. The molecule has 5 rings (SSSR count). The second kappa shape index (κ2) is 11.0. The Kier molecular flexibility index (Phi) is 7.72. The van der Waals surface area contributed by atoms with Crippen LogP contribution in [0.2, 0.25) is 5.02 Å². The number of halogens is 1. The third kappa shape index (κ3) is 5.62. The highest BCUT2D eigenvalue weighted by Crippen LogP contribution is 2.35. The number of hydrogen-bond acceptors (Lipinski definition) is 7. The van der Waals surface area contributed by atoms with Crippen molar-refractivity contribution in [2.24, 2.45) is 0 Å². The van der Waals surface area contributed by atoms with Crippen LogP contribution in [0.4, 0.5) is 0 Å². The lowest BCUT2D eigenvalue weighted by atomic mass is 9.90. The summed E-state index contributed by atoms with van der Waals surface area (Å²) in [4.78, 5) is 0. The lowest BCUT2D eigenvalue weighted by Crippen LogP contribution is -2.55. The minimum Gasteiger partial charge on any atom is -0.490 e. The molecule has 0 aliphatic carbocycles. The number of fused-ring (bicyclic) bond motifs is 1. The molecule has 2 aliphatic heterocycles. The first kappa shape index (κ1) is 26.0. The molecule has 3 aromatic carbocycles. The average Bonchev–Trinajstić information content (AvgIpc) is 3.30. The van der Waals surface area contributed by atoms with Gasteiger partial charge in [0.25, 0.3) is 0 Å². The van der Waals surface area contributed by atoms with Crippen molar-refractivity contribution >= 4 is 11.6 Å². The van der Waals surface area contributed by atoms with Gasteiger partial charge in [-0.2, -0.15) is 0 Å². The van der Waals surface area contributed by atoms with Gasteiger partial charge in [0.2, 0.25) is 0 Å². The van der Waals surface area contributed by atoms with Crippen molar-refractivity contribution in [3.05, 3.63) is 93.5 Å². The predicted octanol–water partition coefficient (Wildman–Crippen LogP) is 3.14. The van der Waals surface area contributed by atoms with Crippen LogP contribution in [0.3, 0.4) is 0 Å². The fourth-order valence-electron chi connectivity index (χ4n) is 4.94. The topological polar surface area (TPSA) is 109 Å². The van der Waals surface area contributed by atoms with E-state index in [0.29, 0.717) is 23.6 Å². The van der Waals surface area contributed by atoms with Crippen LogP contribution in [-0.2, 0) is 17.6 Å². The fraction of sp³-hybridized carbons (Fsp3) is 0.379. The largest absolute Gasteiger partial charge is 0.490 e. The van der Waals surface area contributed by atoms with Crippen LogP contribution in [0.1, 0.15) is 33.9 Å². The second-order valence-corrected chi connectivity index (χ2v) is 10.2. The van der Waals surface area contributed by atoms with Gasteiger partial charge in [-0.25, -0.2) is 0 Å². The molecule has 4 N–H and O–H groups in total. The summed E-state index contributed by atoms with van der Waals surface area (Å²) in [5.74, 6) is 1.68. The highest BCUT2D eigenvalue weighted by atomic mass is 35.5. The molecular formula is C29H31ClO7. The third-order valence-electron chi connectivity index (χ3n) is 7.00. The molecule has 8 heteroatoms. The van der Waals surface area contributed by atoms with E-state index in [4.69, 9.17) is 25.8 Å². The van der Waals surface area contributed by atoms with Crippen molar-refractivity contribution in [3.8, 4) is 11.5 Å². The van der Waals surface area contributed by atoms with Gasteiger partial charge in [0, 0.05) is 11.4 Å². The first-order chi connectivity index (χ1) is 17.8. The Morgan fingerprint density at radius 2 is 1.73 bits per heavy atom. The molecule has 0 radical (unpaired) electrons. The zero-order valence-electron chi connectivity index (χ0n) is 20.5. The van der Waals surface area contributed by atoms with Gasteiger partial charge in [0.1, 0.15) is 54.7 Å². The Morgan fingerprint density at radius 3 is 2.49 bits per heavy atom. The van der Waals surface area contributed by atoms with Crippen molar-refractivity contribution in [2.45, 2.75) is 56.4 Å². The van der Waals surface area contributed by atoms with Gasteiger partial charge in [-0.15, -0.1) is 0 Å². The molecule has 37 heavy (non-hydrogen) atoms. The summed E-state index contributed by atoms with van der Waals surface area (Å²) < 4.78 is 17.6. The summed E-state index contributed by atoms with van der Waals surface area (Å²) in [5.41, 5.74) is 4.87. The Bertz CT molecular complexity index is 1230. The molecule has 1 saturated heterocycles. The number of aryl methyl sites for hydroxylation is 1. The molecule has 3 aromatic rings. The van der Waals surface area contributed by atoms with E-state index in [-0.39, 0.29) is 6.10 Å². The van der Waals surface area contributed by atoms with Gasteiger partial charge in [0.05, 0.1) is 6.61 Å². The molecule has 6 atom stereocenters. The molecule has 1 fully saturated rings. The van der Waals surface area contributed by atoms with Crippen molar-refractivity contribution < 1.29 is 34.6 Å². The van der Waals surface area contributed by atoms with Crippen LogP contribution in [0.25, 0.3) is 0 Å². The minimum absolute atomic E-state index is 0.0135. The van der Waals surface area contributed by atoms with Crippen molar-refractivity contribution in [1.82, 2.24) is 0 Å². The summed E-state index contributed by atoms with van der Waals surface area (Å²) in [6.07, 6.45) is -4.70. The fourth-order valence-corrected chi connectivity index (χ4v) is 5.12. The Morgan fingerprint density at radius 1 is 0.946 bits per heavy atom. The Hall–Kier alpha value is -2.65. The Balaban J connectivity index is 1.22. The van der Waals surface area contributed by atoms with E-state index in [2.05, 4.69) is 13.0 Å². The van der Waals surface area contributed by atoms with E-state index < -0.39 is 37.1 Å². The Labute approximate surface area is 220 Å². The van der Waals surface area contributed by atoms with Gasteiger partial charge in [-0.05, 0) is 59.9 Å². The summed E-state index contributed by atoms with van der Waals surface area (Å²) in [7, 11) is 0. The lowest BCUT2D eigenvalue weighted by molar-refractivity contribution is -0.231. The van der Waals surface area contributed by atoms with Crippen LogP contribution in [-0.4, -0.2) is 64.2 Å². The van der Waals surface area contributed by atoms with Gasteiger partial charge in [-0.3, -0.25) is 0 Å². The van der Waals surface area contributed by atoms with Crippen molar-refractivity contribution in [3.63, 3.8) is 0 Å². The van der Waals surface area contributed by atoms with Gasteiger partial charge >= 0.3 is 0 Å². The van der Waals surface area contributed by atoms with E-state index in [1.165, 1.54) is 11.1 Å². The number of benzene rings is 3. The molecule has 1 unspecified atom stereocenters. The molecule has 0 aromatic heterocycles. The molecule has 0 bridgehead atoms. The first-order valence-corrected chi connectivity index (χ1v) is 12.8. The number of rotatable bonds is 7. The summed E-state index contributed by atoms with van der Waals surface area (Å²) in [6.45, 7) is 2.06. The van der Waals surface area contributed by atoms with Gasteiger partial charge in [-0.1, -0.05) is 53.6 Å². The number of aliphatic hydroxyl groups is 4. The second-order valence-electron chi connectivity index (χ2n) is 9.79. The predicted molar refractivity (Wildman–Crippen MR) is 138 cm³/mol. The van der Waals surface area contributed by atoms with Crippen LogP contribution in [0.15, 0.2) is 60.7 Å².